The molecule has 4 aromatic rings. The normalized spacial score (nSPS) is 15.6. The zero-order valence-corrected chi connectivity index (χ0v) is 20.5. The molecule has 8 heteroatoms. The van der Waals surface area contributed by atoms with Gasteiger partial charge in [0.2, 0.25) is 0 Å². The summed E-state index contributed by atoms with van der Waals surface area (Å²) >= 11 is 1.33. The lowest BCUT2D eigenvalue weighted by Gasteiger charge is -2.25. The fourth-order valence-corrected chi connectivity index (χ4v) is 5.30. The number of allylic oxidation sites excluding steroid dienone is 1. The molecule has 176 valence electrons. The average molecular weight is 484 g/mol. The first-order valence-corrected chi connectivity index (χ1v) is 12.3. The van der Waals surface area contributed by atoms with E-state index in [2.05, 4.69) is 10.4 Å². The van der Waals surface area contributed by atoms with Crippen LogP contribution in [0.2, 0.25) is 0 Å². The van der Waals surface area contributed by atoms with E-state index in [1.807, 2.05) is 98.4 Å². The molecule has 0 spiro atoms. The van der Waals surface area contributed by atoms with E-state index in [1.165, 1.54) is 11.3 Å². The molecular weight excluding hydrogens is 458 g/mol. The molecule has 1 amide bonds. The number of hydrogen-bond acceptors (Lipinski definition) is 5. The third-order valence-electron chi connectivity index (χ3n) is 6.01. The van der Waals surface area contributed by atoms with Gasteiger partial charge in [-0.15, -0.1) is 0 Å². The number of aromatic nitrogens is 3. The van der Waals surface area contributed by atoms with Gasteiger partial charge in [0.25, 0.3) is 11.5 Å². The van der Waals surface area contributed by atoms with Crippen LogP contribution in [0.25, 0.3) is 6.08 Å². The van der Waals surface area contributed by atoms with E-state index >= 15 is 0 Å². The van der Waals surface area contributed by atoms with Gasteiger partial charge in [-0.05, 0) is 44.5 Å². The maximum atomic E-state index is 13.7. The van der Waals surface area contributed by atoms with Gasteiger partial charge in [-0.2, -0.15) is 5.10 Å². The summed E-state index contributed by atoms with van der Waals surface area (Å²) in [6, 6.07) is 18.3. The highest BCUT2D eigenvalue weighted by Crippen LogP contribution is 2.30. The number of thiazole rings is 1. The minimum absolute atomic E-state index is 0.177. The Hall–Kier alpha value is -4.04. The minimum Gasteiger partial charge on any atom is -0.322 e. The fourth-order valence-electron chi connectivity index (χ4n) is 4.26. The van der Waals surface area contributed by atoms with Gasteiger partial charge in [-0.3, -0.25) is 18.8 Å². The molecule has 5 rings (SSSR count). The summed E-state index contributed by atoms with van der Waals surface area (Å²) in [7, 11) is 0. The lowest BCUT2D eigenvalue weighted by molar-refractivity contribution is -0.113. The van der Waals surface area contributed by atoms with Crippen molar-refractivity contribution in [2.75, 3.05) is 5.32 Å². The van der Waals surface area contributed by atoms with Crippen molar-refractivity contribution in [2.45, 2.75) is 33.4 Å². The number of aryl methyl sites for hydroxylation is 2. The Labute approximate surface area is 206 Å². The number of carbonyl (C=O) groups excluding carboxylic acids is 1. The Bertz CT molecular complexity index is 1610. The molecular formula is C27H25N5O2S. The van der Waals surface area contributed by atoms with E-state index in [0.717, 1.165) is 23.4 Å². The zero-order valence-electron chi connectivity index (χ0n) is 19.7. The number of rotatable bonds is 5. The number of para-hydroxylation sites is 1. The molecule has 0 saturated carbocycles. The lowest BCUT2D eigenvalue weighted by atomic mass is 9.95. The van der Waals surface area contributed by atoms with Crippen LogP contribution in [0.4, 0.5) is 5.69 Å². The topological polar surface area (TPSA) is 81.3 Å². The first-order chi connectivity index (χ1) is 17.0. The third-order valence-corrected chi connectivity index (χ3v) is 6.99. The van der Waals surface area contributed by atoms with Gasteiger partial charge in [0.15, 0.2) is 4.80 Å². The monoisotopic (exact) mass is 483 g/mol. The first kappa shape index (κ1) is 22.7. The minimum atomic E-state index is -0.585. The molecule has 0 aliphatic carbocycles. The van der Waals surface area contributed by atoms with Gasteiger partial charge in [0.1, 0.15) is 0 Å². The van der Waals surface area contributed by atoms with Crippen LogP contribution >= 0.6 is 11.3 Å². The SMILES string of the molecule is CCn1cc(/C=c2\sc3n(c2=O)C(c2ccccc2)C(C(=O)Nc2ccccc2)=C(C)N=3)c(C)n1. The number of nitrogens with one attached hydrogen (secondary N) is 1. The lowest BCUT2D eigenvalue weighted by Crippen LogP contribution is -2.40. The van der Waals surface area contributed by atoms with Crippen molar-refractivity contribution in [3.63, 3.8) is 0 Å². The van der Waals surface area contributed by atoms with E-state index in [4.69, 9.17) is 4.99 Å². The van der Waals surface area contributed by atoms with Crippen molar-refractivity contribution in [2.24, 2.45) is 4.99 Å². The summed E-state index contributed by atoms with van der Waals surface area (Å²) in [6.45, 7) is 6.53. The highest BCUT2D eigenvalue weighted by atomic mass is 32.1. The quantitative estimate of drug-likeness (QED) is 0.472. The van der Waals surface area contributed by atoms with E-state index in [9.17, 15) is 9.59 Å². The van der Waals surface area contributed by atoms with Gasteiger partial charge in [-0.1, -0.05) is 59.9 Å². The number of fused-ring (bicyclic) bond motifs is 1. The number of anilines is 1. The van der Waals surface area contributed by atoms with Gasteiger partial charge in [0, 0.05) is 24.0 Å². The van der Waals surface area contributed by atoms with Crippen LogP contribution in [0, 0.1) is 6.92 Å². The van der Waals surface area contributed by atoms with Crippen molar-refractivity contribution in [3.05, 3.63) is 115 Å². The Morgan fingerprint density at radius 3 is 2.43 bits per heavy atom. The maximum Gasteiger partial charge on any atom is 0.271 e. The van der Waals surface area contributed by atoms with Crippen LogP contribution in [-0.2, 0) is 11.3 Å². The van der Waals surface area contributed by atoms with Crippen LogP contribution in [0.3, 0.4) is 0 Å². The molecule has 0 radical (unpaired) electrons. The molecule has 1 aliphatic rings. The van der Waals surface area contributed by atoms with E-state index in [0.29, 0.717) is 26.3 Å². The highest BCUT2D eigenvalue weighted by Gasteiger charge is 2.32. The molecule has 7 nitrogen and oxygen atoms in total. The molecule has 0 bridgehead atoms. The summed E-state index contributed by atoms with van der Waals surface area (Å²) in [4.78, 5) is 32.5. The maximum absolute atomic E-state index is 13.7. The van der Waals surface area contributed by atoms with Crippen LogP contribution in [-0.4, -0.2) is 20.3 Å². The van der Waals surface area contributed by atoms with Gasteiger partial charge >= 0.3 is 0 Å². The van der Waals surface area contributed by atoms with E-state index in [1.54, 1.807) is 4.57 Å². The third kappa shape index (κ3) is 4.28. The van der Waals surface area contributed by atoms with Crippen molar-refractivity contribution in [1.29, 1.82) is 0 Å². The number of carbonyl (C=O) groups is 1. The van der Waals surface area contributed by atoms with E-state index in [-0.39, 0.29) is 11.5 Å². The van der Waals surface area contributed by atoms with Gasteiger partial charge in [-0.25, -0.2) is 4.99 Å². The largest absolute Gasteiger partial charge is 0.322 e. The van der Waals surface area contributed by atoms with E-state index < -0.39 is 6.04 Å². The Morgan fingerprint density at radius 1 is 1.09 bits per heavy atom. The predicted octanol–water partition coefficient (Wildman–Crippen LogP) is 3.40. The van der Waals surface area contributed by atoms with Crippen molar-refractivity contribution in [3.8, 4) is 0 Å². The molecule has 1 aliphatic heterocycles. The molecule has 1 atom stereocenters. The molecule has 1 unspecified atom stereocenters. The second-order valence-corrected chi connectivity index (χ2v) is 9.35. The molecule has 3 heterocycles. The fraction of sp³-hybridized carbons (Fsp3) is 0.185. The Balaban J connectivity index is 1.67. The summed E-state index contributed by atoms with van der Waals surface area (Å²) in [5.41, 5.74) is 4.16. The van der Waals surface area contributed by atoms with Crippen LogP contribution in [0.1, 0.15) is 36.7 Å². The smallest absolute Gasteiger partial charge is 0.271 e. The van der Waals surface area contributed by atoms with Crippen molar-refractivity contribution in [1.82, 2.24) is 14.3 Å². The van der Waals surface area contributed by atoms with Crippen LogP contribution in [0.5, 0.6) is 0 Å². The summed E-state index contributed by atoms with van der Waals surface area (Å²) < 4.78 is 4.04. The summed E-state index contributed by atoms with van der Waals surface area (Å²) in [5.74, 6) is -0.277. The van der Waals surface area contributed by atoms with Gasteiger partial charge < -0.3 is 5.32 Å². The zero-order chi connectivity index (χ0) is 24.5. The number of amides is 1. The standard InChI is InChI=1S/C27H25N5O2S/c1-4-31-16-20(17(2)30-31)15-22-26(34)32-24(19-11-7-5-8-12-19)23(18(3)28-27(32)35-22)25(33)29-21-13-9-6-10-14-21/h5-16,24H,4H2,1-3H3,(H,29,33)/b22-15-. The summed E-state index contributed by atoms with van der Waals surface area (Å²) in [6.07, 6.45) is 3.80. The number of hydrogen-bond donors (Lipinski definition) is 1. The summed E-state index contributed by atoms with van der Waals surface area (Å²) in [5, 5.41) is 7.45. The highest BCUT2D eigenvalue weighted by molar-refractivity contribution is 7.07. The van der Waals surface area contributed by atoms with Crippen LogP contribution in [0.15, 0.2) is 87.9 Å². The average Bonchev–Trinajstić information content (AvgIpc) is 3.37. The molecule has 1 N–H and O–H groups in total. The molecule has 2 aromatic heterocycles. The second-order valence-electron chi connectivity index (χ2n) is 8.34. The molecule has 0 fully saturated rings. The first-order valence-electron chi connectivity index (χ1n) is 11.4. The Morgan fingerprint density at radius 2 is 1.77 bits per heavy atom. The molecule has 0 saturated heterocycles. The number of nitrogens with zero attached hydrogens (tertiary/aromatic N) is 4. The second kappa shape index (κ2) is 9.31. The predicted molar refractivity (Wildman–Crippen MR) is 138 cm³/mol. The van der Waals surface area contributed by atoms with Crippen molar-refractivity contribution >= 4 is 29.0 Å². The molecule has 35 heavy (non-hydrogen) atoms. The molecule has 2 aromatic carbocycles. The van der Waals surface area contributed by atoms with Gasteiger partial charge in [0.05, 0.1) is 27.5 Å². The Kier molecular flexibility index (Phi) is 6.05. The van der Waals surface area contributed by atoms with Crippen LogP contribution < -0.4 is 20.2 Å². The number of benzene rings is 2. The van der Waals surface area contributed by atoms with Crippen molar-refractivity contribution < 1.29 is 4.79 Å².